The van der Waals surface area contributed by atoms with Crippen LogP contribution in [0.4, 0.5) is 35.9 Å². The van der Waals surface area contributed by atoms with Crippen molar-refractivity contribution in [3.05, 3.63) is 24.3 Å². The number of Topliss-reactive ketones (excluding diaryl/α,β-unsaturated/α-hetero) is 1. The molecule has 2 aromatic rings. The fourth-order valence-electron chi connectivity index (χ4n) is 1.84. The van der Waals surface area contributed by atoms with Crippen molar-refractivity contribution in [3.63, 3.8) is 0 Å². The van der Waals surface area contributed by atoms with Gasteiger partial charge in [-0.3, -0.25) is 4.79 Å². The number of aromatic nitrogens is 1. The summed E-state index contributed by atoms with van der Waals surface area (Å²) in [6.45, 7) is 1.08. The van der Waals surface area contributed by atoms with Gasteiger partial charge in [0.1, 0.15) is 0 Å². The Labute approximate surface area is 145 Å². The third kappa shape index (κ3) is 3.84. The van der Waals surface area contributed by atoms with Crippen molar-refractivity contribution in [2.24, 2.45) is 10.2 Å². The smallest absolute Gasteiger partial charge is 0.293 e. The lowest BCUT2D eigenvalue weighted by molar-refractivity contribution is -0.343. The molecule has 0 spiro atoms. The van der Waals surface area contributed by atoms with Crippen LogP contribution in [0.1, 0.15) is 13.3 Å². The van der Waals surface area contributed by atoms with Crippen LogP contribution in [-0.4, -0.2) is 34.8 Å². The summed E-state index contributed by atoms with van der Waals surface area (Å²) in [4.78, 5) is 15.3. The Morgan fingerprint density at radius 3 is 2.35 bits per heavy atom. The Hall–Kier alpha value is -2.11. The molecule has 2 rings (SSSR count). The number of hydrogen-bond donors (Lipinski definition) is 0. The number of azo groups is 1. The van der Waals surface area contributed by atoms with Gasteiger partial charge in [-0.05, 0) is 19.1 Å². The molecule has 0 aliphatic carbocycles. The van der Waals surface area contributed by atoms with Crippen LogP contribution in [0.3, 0.4) is 0 Å². The van der Waals surface area contributed by atoms with E-state index in [2.05, 4.69) is 15.2 Å². The van der Waals surface area contributed by atoms with Crippen LogP contribution in [0.2, 0.25) is 0 Å². The topological polar surface area (TPSA) is 54.7 Å². The van der Waals surface area contributed by atoms with Gasteiger partial charge in [-0.2, -0.15) is 35.8 Å². The number of hydrogen-bond acceptors (Lipinski definition) is 5. The van der Waals surface area contributed by atoms with E-state index in [-0.39, 0.29) is 5.13 Å². The molecule has 0 fully saturated rings. The van der Waals surface area contributed by atoms with Crippen LogP contribution in [0.5, 0.6) is 0 Å². The summed E-state index contributed by atoms with van der Waals surface area (Å²) in [5.74, 6) is -14.9. The zero-order valence-electron chi connectivity index (χ0n) is 12.9. The monoisotopic (exact) mass is 401 g/mol. The van der Waals surface area contributed by atoms with E-state index in [1.807, 2.05) is 0 Å². The van der Waals surface area contributed by atoms with E-state index in [1.165, 1.54) is 0 Å². The minimum Gasteiger partial charge on any atom is -0.293 e. The molecule has 26 heavy (non-hydrogen) atoms. The summed E-state index contributed by atoms with van der Waals surface area (Å²) in [5, 5.41) is 7.22. The predicted octanol–water partition coefficient (Wildman–Crippen LogP) is 5.56. The molecule has 0 N–H and O–H groups in total. The van der Waals surface area contributed by atoms with Gasteiger partial charge in [0.15, 0.2) is 0 Å². The molecule has 12 heteroatoms. The van der Waals surface area contributed by atoms with Gasteiger partial charge in [0, 0.05) is 6.42 Å². The average Bonchev–Trinajstić information content (AvgIpc) is 2.94. The number of halogens is 7. The molecule has 4 nitrogen and oxygen atoms in total. The van der Waals surface area contributed by atoms with Crippen molar-refractivity contribution in [2.45, 2.75) is 37.4 Å². The van der Waals surface area contributed by atoms with E-state index in [4.69, 9.17) is 0 Å². The van der Waals surface area contributed by atoms with E-state index in [0.717, 1.165) is 23.0 Å². The third-order valence-corrected chi connectivity index (χ3v) is 4.13. The van der Waals surface area contributed by atoms with Gasteiger partial charge in [-0.25, -0.2) is 4.98 Å². The normalized spacial score (nSPS) is 14.9. The van der Waals surface area contributed by atoms with E-state index in [0.29, 0.717) is 5.52 Å². The Balaban J connectivity index is 2.08. The lowest BCUT2D eigenvalue weighted by Gasteiger charge is -2.27. The molecular weight excluding hydrogens is 391 g/mol. The predicted molar refractivity (Wildman–Crippen MR) is 79.2 cm³/mol. The number of alkyl halides is 7. The van der Waals surface area contributed by atoms with Gasteiger partial charge in [0.2, 0.25) is 10.9 Å². The molecule has 1 unspecified atom stereocenters. The molecule has 0 saturated carbocycles. The standard InChI is InChI=1S/C14H10F7N3OS/c1-7(6-10(25)12(15,16)13(17,18)14(19,20)21)23-24-11-22-8-4-2-3-5-9(8)26-11/h2-5,7H,6H2,1H3. The summed E-state index contributed by atoms with van der Waals surface area (Å²) in [5.41, 5.74) is 0.589. The summed E-state index contributed by atoms with van der Waals surface area (Å²) in [6, 6.07) is 5.53. The Morgan fingerprint density at radius 2 is 1.77 bits per heavy atom. The highest BCUT2D eigenvalue weighted by molar-refractivity contribution is 7.21. The highest BCUT2D eigenvalue weighted by Crippen LogP contribution is 2.47. The molecule has 1 aromatic carbocycles. The van der Waals surface area contributed by atoms with Crippen molar-refractivity contribution >= 4 is 32.5 Å². The van der Waals surface area contributed by atoms with Crippen LogP contribution >= 0.6 is 11.3 Å². The molecule has 0 saturated heterocycles. The molecule has 0 amide bonds. The number of carbonyl (C=O) groups excluding carboxylic acids is 1. The number of para-hydroxylation sites is 1. The highest BCUT2D eigenvalue weighted by atomic mass is 32.1. The second kappa shape index (κ2) is 6.89. The van der Waals surface area contributed by atoms with Crippen LogP contribution in [0.25, 0.3) is 10.2 Å². The number of fused-ring (bicyclic) bond motifs is 1. The summed E-state index contributed by atoms with van der Waals surface area (Å²) in [7, 11) is 0. The lowest BCUT2D eigenvalue weighted by Crippen LogP contribution is -2.56. The quantitative estimate of drug-likeness (QED) is 0.470. The van der Waals surface area contributed by atoms with Gasteiger partial charge >= 0.3 is 18.0 Å². The fraction of sp³-hybridized carbons (Fsp3) is 0.429. The number of benzene rings is 1. The van der Waals surface area contributed by atoms with Gasteiger partial charge in [-0.1, -0.05) is 23.5 Å². The van der Waals surface area contributed by atoms with E-state index < -0.39 is 36.3 Å². The van der Waals surface area contributed by atoms with Crippen LogP contribution in [0.15, 0.2) is 34.5 Å². The molecule has 0 radical (unpaired) electrons. The van der Waals surface area contributed by atoms with Crippen LogP contribution in [-0.2, 0) is 4.79 Å². The number of thiazole rings is 1. The summed E-state index contributed by atoms with van der Waals surface area (Å²) < 4.78 is 89.1. The molecule has 142 valence electrons. The van der Waals surface area contributed by atoms with E-state index in [9.17, 15) is 35.5 Å². The second-order valence-electron chi connectivity index (χ2n) is 5.30. The molecule has 0 aliphatic heterocycles. The third-order valence-electron chi connectivity index (χ3n) is 3.20. The molecule has 0 bridgehead atoms. The highest BCUT2D eigenvalue weighted by Gasteiger charge is 2.75. The Bertz CT molecular complexity index is 798. The maximum atomic E-state index is 13.3. The van der Waals surface area contributed by atoms with Gasteiger partial charge < -0.3 is 0 Å². The molecule has 1 heterocycles. The average molecular weight is 401 g/mol. The zero-order chi connectivity index (χ0) is 19.8. The number of nitrogens with zero attached hydrogens (tertiary/aromatic N) is 3. The summed E-state index contributed by atoms with van der Waals surface area (Å²) in [6.07, 6.45) is -7.90. The lowest BCUT2D eigenvalue weighted by atomic mass is 10.0. The molecule has 1 atom stereocenters. The molecule has 1 aromatic heterocycles. The second-order valence-corrected chi connectivity index (χ2v) is 6.31. The van der Waals surface area contributed by atoms with Gasteiger partial charge in [0.05, 0.1) is 16.3 Å². The maximum Gasteiger partial charge on any atom is 0.460 e. The molecular formula is C14H10F7N3OS. The minimum absolute atomic E-state index is 0.123. The van der Waals surface area contributed by atoms with Crippen molar-refractivity contribution < 1.29 is 35.5 Å². The van der Waals surface area contributed by atoms with Crippen LogP contribution in [0, 0.1) is 0 Å². The van der Waals surface area contributed by atoms with Crippen molar-refractivity contribution in [1.29, 1.82) is 0 Å². The number of ketones is 1. The van der Waals surface area contributed by atoms with Crippen LogP contribution < -0.4 is 0 Å². The van der Waals surface area contributed by atoms with E-state index >= 15 is 0 Å². The van der Waals surface area contributed by atoms with E-state index in [1.54, 1.807) is 24.3 Å². The Morgan fingerprint density at radius 1 is 1.15 bits per heavy atom. The number of carbonyl (C=O) groups is 1. The van der Waals surface area contributed by atoms with Crippen molar-refractivity contribution in [2.75, 3.05) is 0 Å². The first-order valence-electron chi connectivity index (χ1n) is 6.98. The first-order chi connectivity index (χ1) is 11.9. The fourth-order valence-corrected chi connectivity index (χ4v) is 2.63. The zero-order valence-corrected chi connectivity index (χ0v) is 13.7. The SMILES string of the molecule is CC(CC(=O)C(F)(F)C(F)(F)C(F)(F)F)N=Nc1nc2ccccc2s1. The van der Waals surface area contributed by atoms with Gasteiger partial charge in [-0.15, -0.1) is 5.11 Å². The van der Waals surface area contributed by atoms with Gasteiger partial charge in [0.25, 0.3) is 0 Å². The largest absolute Gasteiger partial charge is 0.460 e. The minimum atomic E-state index is -6.56. The Kier molecular flexibility index (Phi) is 5.36. The van der Waals surface area contributed by atoms with Crippen molar-refractivity contribution in [3.8, 4) is 0 Å². The molecule has 0 aliphatic rings. The first-order valence-corrected chi connectivity index (χ1v) is 7.80. The van der Waals surface area contributed by atoms with Crippen molar-refractivity contribution in [1.82, 2.24) is 4.98 Å². The number of rotatable bonds is 6. The summed E-state index contributed by atoms with van der Waals surface area (Å²) >= 11 is 1.10. The maximum absolute atomic E-state index is 13.3. The first kappa shape index (κ1) is 20.2.